The van der Waals surface area contributed by atoms with E-state index in [0.717, 1.165) is 16.9 Å². The van der Waals surface area contributed by atoms with Gasteiger partial charge in [-0.15, -0.1) is 0 Å². The Hall–Kier alpha value is -2.29. The molecule has 0 fully saturated rings. The molecule has 0 aliphatic heterocycles. The first kappa shape index (κ1) is 11.2. The second-order valence-corrected chi connectivity index (χ2v) is 3.61. The van der Waals surface area contributed by atoms with Crippen LogP contribution in [0.5, 0.6) is 0 Å². The summed E-state index contributed by atoms with van der Waals surface area (Å²) in [6, 6.07) is 17.9. The Bertz CT molecular complexity index is 492. The Morgan fingerprint density at radius 2 is 1.71 bits per heavy atom. The van der Waals surface area contributed by atoms with Gasteiger partial charge in [-0.3, -0.25) is 5.43 Å². The number of benzene rings is 2. The minimum atomic E-state index is 0.962. The number of anilines is 2. The Labute approximate surface area is 101 Å². The van der Waals surface area contributed by atoms with E-state index in [0.29, 0.717) is 0 Å². The maximum absolute atomic E-state index is 4.18. The van der Waals surface area contributed by atoms with Crippen LogP contribution in [0.4, 0.5) is 11.4 Å². The molecule has 0 spiro atoms. The fraction of sp³-hybridized carbons (Fsp3) is 0.0714. The molecule has 2 rings (SSSR count). The quantitative estimate of drug-likeness (QED) is 0.619. The van der Waals surface area contributed by atoms with Crippen molar-refractivity contribution in [3.05, 3.63) is 60.2 Å². The van der Waals surface area contributed by atoms with Crippen molar-refractivity contribution in [1.82, 2.24) is 0 Å². The molecule has 3 heteroatoms. The van der Waals surface area contributed by atoms with Crippen molar-refractivity contribution in [2.75, 3.05) is 17.8 Å². The van der Waals surface area contributed by atoms with Gasteiger partial charge in [0.1, 0.15) is 0 Å². The molecule has 0 aliphatic carbocycles. The second-order valence-electron chi connectivity index (χ2n) is 3.61. The molecule has 0 aliphatic rings. The normalized spacial score (nSPS) is 10.4. The third-order valence-corrected chi connectivity index (χ3v) is 2.36. The van der Waals surface area contributed by atoms with Crippen LogP contribution in [0.1, 0.15) is 5.56 Å². The van der Waals surface area contributed by atoms with Crippen LogP contribution in [0.25, 0.3) is 0 Å². The predicted octanol–water partition coefficient (Wildman–Crippen LogP) is 3.17. The summed E-state index contributed by atoms with van der Waals surface area (Å²) in [5, 5.41) is 7.27. The van der Waals surface area contributed by atoms with Gasteiger partial charge in [0.15, 0.2) is 0 Å². The molecule has 0 aromatic heterocycles. The monoisotopic (exact) mass is 225 g/mol. The van der Waals surface area contributed by atoms with Crippen LogP contribution in [0.15, 0.2) is 59.7 Å². The van der Waals surface area contributed by atoms with Crippen molar-refractivity contribution < 1.29 is 0 Å². The Morgan fingerprint density at radius 1 is 0.941 bits per heavy atom. The van der Waals surface area contributed by atoms with Crippen LogP contribution in [-0.4, -0.2) is 13.3 Å². The smallest absolute Gasteiger partial charge is 0.0582 e. The summed E-state index contributed by atoms with van der Waals surface area (Å²) in [6.45, 7) is 0. The number of rotatable bonds is 4. The SMILES string of the molecule is CNc1cccc(N/N=C/c2ccccc2)c1. The first-order valence-corrected chi connectivity index (χ1v) is 5.50. The summed E-state index contributed by atoms with van der Waals surface area (Å²) >= 11 is 0. The van der Waals surface area contributed by atoms with Crippen LogP contribution in [-0.2, 0) is 0 Å². The molecule has 0 amide bonds. The minimum Gasteiger partial charge on any atom is -0.388 e. The van der Waals surface area contributed by atoms with E-state index in [1.807, 2.05) is 61.6 Å². The van der Waals surface area contributed by atoms with Crippen molar-refractivity contribution >= 4 is 17.6 Å². The number of hydrogen-bond donors (Lipinski definition) is 2. The highest BCUT2D eigenvalue weighted by Gasteiger charge is 1.91. The molecule has 0 heterocycles. The molecule has 0 bridgehead atoms. The van der Waals surface area contributed by atoms with E-state index in [4.69, 9.17) is 0 Å². The third-order valence-electron chi connectivity index (χ3n) is 2.36. The van der Waals surface area contributed by atoms with Gasteiger partial charge >= 0.3 is 0 Å². The molecule has 86 valence electrons. The molecular formula is C14H15N3. The van der Waals surface area contributed by atoms with Crippen LogP contribution in [0.3, 0.4) is 0 Å². The standard InChI is InChI=1S/C14H15N3/c1-15-13-8-5-9-14(10-13)17-16-11-12-6-3-2-4-7-12/h2-11,15,17H,1H3/b16-11+. The second kappa shape index (κ2) is 5.70. The van der Waals surface area contributed by atoms with E-state index in [9.17, 15) is 0 Å². The van der Waals surface area contributed by atoms with Crippen molar-refractivity contribution in [3.8, 4) is 0 Å². The molecule has 0 saturated carbocycles. The summed E-state index contributed by atoms with van der Waals surface area (Å²) in [5.74, 6) is 0. The molecule has 2 aromatic carbocycles. The molecule has 2 N–H and O–H groups in total. The van der Waals surface area contributed by atoms with Gasteiger partial charge < -0.3 is 5.32 Å². The lowest BCUT2D eigenvalue weighted by molar-refractivity contribution is 1.34. The fourth-order valence-electron chi connectivity index (χ4n) is 1.46. The van der Waals surface area contributed by atoms with E-state index >= 15 is 0 Å². The summed E-state index contributed by atoms with van der Waals surface area (Å²) in [7, 11) is 1.90. The molecule has 2 aromatic rings. The van der Waals surface area contributed by atoms with Gasteiger partial charge in [-0.25, -0.2) is 0 Å². The third kappa shape index (κ3) is 3.34. The number of hydrogen-bond acceptors (Lipinski definition) is 3. The van der Waals surface area contributed by atoms with E-state index in [1.165, 1.54) is 0 Å². The van der Waals surface area contributed by atoms with E-state index in [-0.39, 0.29) is 0 Å². The van der Waals surface area contributed by atoms with Crippen LogP contribution in [0, 0.1) is 0 Å². The summed E-state index contributed by atoms with van der Waals surface area (Å²) in [6.07, 6.45) is 1.80. The molecule has 17 heavy (non-hydrogen) atoms. The Morgan fingerprint density at radius 3 is 2.47 bits per heavy atom. The zero-order valence-corrected chi connectivity index (χ0v) is 9.72. The first-order chi connectivity index (χ1) is 8.38. The topological polar surface area (TPSA) is 36.4 Å². The average Bonchev–Trinajstić information content (AvgIpc) is 2.40. The van der Waals surface area contributed by atoms with E-state index in [2.05, 4.69) is 15.8 Å². The van der Waals surface area contributed by atoms with Crippen LogP contribution < -0.4 is 10.7 Å². The molecule has 0 unspecified atom stereocenters. The first-order valence-electron chi connectivity index (χ1n) is 5.50. The zero-order chi connectivity index (χ0) is 11.9. The van der Waals surface area contributed by atoms with Gasteiger partial charge in [-0.05, 0) is 23.8 Å². The summed E-state index contributed by atoms with van der Waals surface area (Å²) in [5.41, 5.74) is 6.09. The summed E-state index contributed by atoms with van der Waals surface area (Å²) in [4.78, 5) is 0. The molecule has 0 radical (unpaired) electrons. The van der Waals surface area contributed by atoms with Gasteiger partial charge in [-0.1, -0.05) is 36.4 Å². The van der Waals surface area contributed by atoms with Gasteiger partial charge in [0.25, 0.3) is 0 Å². The maximum Gasteiger partial charge on any atom is 0.0582 e. The Balaban J connectivity index is 2.00. The van der Waals surface area contributed by atoms with Crippen molar-refractivity contribution in [2.24, 2.45) is 5.10 Å². The molecular weight excluding hydrogens is 210 g/mol. The lowest BCUT2D eigenvalue weighted by Gasteiger charge is -2.03. The lowest BCUT2D eigenvalue weighted by Crippen LogP contribution is -1.92. The van der Waals surface area contributed by atoms with E-state index in [1.54, 1.807) is 6.21 Å². The zero-order valence-electron chi connectivity index (χ0n) is 9.72. The number of hydrazone groups is 1. The van der Waals surface area contributed by atoms with Crippen LogP contribution >= 0.6 is 0 Å². The van der Waals surface area contributed by atoms with Gasteiger partial charge in [0.2, 0.25) is 0 Å². The highest BCUT2D eigenvalue weighted by atomic mass is 15.3. The number of nitrogens with one attached hydrogen (secondary N) is 2. The molecule has 0 saturated heterocycles. The number of nitrogens with zero attached hydrogens (tertiary/aromatic N) is 1. The lowest BCUT2D eigenvalue weighted by atomic mass is 10.2. The van der Waals surface area contributed by atoms with Gasteiger partial charge in [0.05, 0.1) is 11.9 Å². The largest absolute Gasteiger partial charge is 0.388 e. The molecule has 3 nitrogen and oxygen atoms in total. The summed E-state index contributed by atoms with van der Waals surface area (Å²) < 4.78 is 0. The van der Waals surface area contributed by atoms with Crippen LogP contribution in [0.2, 0.25) is 0 Å². The predicted molar refractivity (Wildman–Crippen MR) is 73.6 cm³/mol. The van der Waals surface area contributed by atoms with Crippen molar-refractivity contribution in [2.45, 2.75) is 0 Å². The van der Waals surface area contributed by atoms with E-state index < -0.39 is 0 Å². The van der Waals surface area contributed by atoms with Crippen molar-refractivity contribution in [3.63, 3.8) is 0 Å². The maximum atomic E-state index is 4.18. The minimum absolute atomic E-state index is 0.962. The van der Waals surface area contributed by atoms with Gasteiger partial charge in [0, 0.05) is 12.7 Å². The average molecular weight is 225 g/mol. The highest BCUT2D eigenvalue weighted by Crippen LogP contribution is 2.13. The highest BCUT2D eigenvalue weighted by molar-refractivity contribution is 5.80. The van der Waals surface area contributed by atoms with Crippen molar-refractivity contribution in [1.29, 1.82) is 0 Å². The fourth-order valence-corrected chi connectivity index (χ4v) is 1.46. The Kier molecular flexibility index (Phi) is 3.76. The molecule has 0 atom stereocenters. The van der Waals surface area contributed by atoms with Gasteiger partial charge in [-0.2, -0.15) is 5.10 Å².